The third-order valence-electron chi connectivity index (χ3n) is 2.82. The molecule has 1 aromatic rings. The molecule has 0 spiro atoms. The van der Waals surface area contributed by atoms with Crippen molar-refractivity contribution < 1.29 is 9.90 Å². The summed E-state index contributed by atoms with van der Waals surface area (Å²) in [6, 6.07) is 7.32. The molecule has 0 radical (unpaired) electrons. The van der Waals surface area contributed by atoms with Gasteiger partial charge in [-0.05, 0) is 18.4 Å². The van der Waals surface area contributed by atoms with Crippen LogP contribution in [0.2, 0.25) is 0 Å². The van der Waals surface area contributed by atoms with Gasteiger partial charge >= 0.3 is 0 Å². The third kappa shape index (κ3) is 2.43. The molecule has 0 aliphatic heterocycles. The maximum absolute atomic E-state index is 11.2. The van der Waals surface area contributed by atoms with Crippen molar-refractivity contribution in [2.75, 3.05) is 6.54 Å². The second kappa shape index (κ2) is 3.76. The van der Waals surface area contributed by atoms with E-state index in [4.69, 9.17) is 5.73 Å². The monoisotopic (exact) mass is 205 g/mol. The van der Waals surface area contributed by atoms with Crippen LogP contribution in [0.15, 0.2) is 24.3 Å². The summed E-state index contributed by atoms with van der Waals surface area (Å²) in [5, 5.41) is 9.72. The summed E-state index contributed by atoms with van der Waals surface area (Å²) in [5.41, 5.74) is 6.51. The second-order valence-electron chi connectivity index (χ2n) is 4.23. The molecule has 0 saturated heterocycles. The highest BCUT2D eigenvalue weighted by molar-refractivity contribution is 5.97. The lowest BCUT2D eigenvalue weighted by Crippen LogP contribution is -2.14. The highest BCUT2D eigenvalue weighted by atomic mass is 16.3. The van der Waals surface area contributed by atoms with Gasteiger partial charge in [0.2, 0.25) is 0 Å². The van der Waals surface area contributed by atoms with Crippen molar-refractivity contribution in [2.45, 2.75) is 24.9 Å². The fourth-order valence-corrected chi connectivity index (χ4v) is 1.63. The normalized spacial score (nSPS) is 17.5. The maximum atomic E-state index is 11.2. The van der Waals surface area contributed by atoms with E-state index in [0.717, 1.165) is 18.4 Å². The van der Waals surface area contributed by atoms with Crippen molar-refractivity contribution in [3.63, 3.8) is 0 Å². The molecule has 2 rings (SSSR count). The lowest BCUT2D eigenvalue weighted by Gasteiger charge is -2.07. The van der Waals surface area contributed by atoms with E-state index in [-0.39, 0.29) is 12.3 Å². The Morgan fingerprint density at radius 3 is 2.40 bits per heavy atom. The molecule has 80 valence electrons. The van der Waals surface area contributed by atoms with E-state index < -0.39 is 5.60 Å². The van der Waals surface area contributed by atoms with Crippen molar-refractivity contribution in [1.29, 1.82) is 0 Å². The van der Waals surface area contributed by atoms with Gasteiger partial charge in [0.15, 0.2) is 5.78 Å². The minimum Gasteiger partial charge on any atom is -0.390 e. The van der Waals surface area contributed by atoms with E-state index in [1.54, 1.807) is 12.1 Å². The molecular formula is C12H15NO2. The molecule has 1 aliphatic carbocycles. The molecule has 0 bridgehead atoms. The number of benzene rings is 1. The summed E-state index contributed by atoms with van der Waals surface area (Å²) in [6.07, 6.45) is 2.46. The molecule has 1 saturated carbocycles. The molecule has 3 nitrogen and oxygen atoms in total. The molecular weight excluding hydrogens is 190 g/mol. The summed E-state index contributed by atoms with van der Waals surface area (Å²) >= 11 is 0. The molecule has 0 atom stereocenters. The van der Waals surface area contributed by atoms with Gasteiger partial charge in [0.25, 0.3) is 0 Å². The predicted molar refractivity (Wildman–Crippen MR) is 57.7 cm³/mol. The van der Waals surface area contributed by atoms with Crippen molar-refractivity contribution in [2.24, 2.45) is 5.73 Å². The van der Waals surface area contributed by atoms with Crippen molar-refractivity contribution in [3.05, 3.63) is 35.4 Å². The summed E-state index contributed by atoms with van der Waals surface area (Å²) in [5.74, 6) is -0.0494. The number of nitrogens with two attached hydrogens (primary N) is 1. The van der Waals surface area contributed by atoms with Crippen LogP contribution in [-0.2, 0) is 6.42 Å². The Labute approximate surface area is 88.9 Å². The summed E-state index contributed by atoms with van der Waals surface area (Å²) in [4.78, 5) is 11.2. The zero-order chi connectivity index (χ0) is 10.9. The first-order valence-electron chi connectivity index (χ1n) is 5.18. The molecule has 15 heavy (non-hydrogen) atoms. The molecule has 0 aromatic heterocycles. The van der Waals surface area contributed by atoms with Crippen LogP contribution in [0.1, 0.15) is 28.8 Å². The average Bonchev–Trinajstić information content (AvgIpc) is 2.96. The molecule has 0 unspecified atom stereocenters. The number of hydrogen-bond acceptors (Lipinski definition) is 3. The lowest BCUT2D eigenvalue weighted by atomic mass is 10.0. The molecule has 3 heteroatoms. The Balaban J connectivity index is 2.06. The van der Waals surface area contributed by atoms with E-state index in [0.29, 0.717) is 12.0 Å². The Hall–Kier alpha value is -1.19. The number of carbonyl (C=O) groups is 1. The van der Waals surface area contributed by atoms with Gasteiger partial charge in [0, 0.05) is 12.0 Å². The Kier molecular flexibility index (Phi) is 2.59. The predicted octanol–water partition coefficient (Wildman–Crippen LogP) is 0.895. The van der Waals surface area contributed by atoms with Crippen molar-refractivity contribution in [3.8, 4) is 0 Å². The topological polar surface area (TPSA) is 63.3 Å². The Bertz CT molecular complexity index is 366. The summed E-state index contributed by atoms with van der Waals surface area (Å²) in [6.45, 7) is 0.0449. The van der Waals surface area contributed by atoms with Crippen LogP contribution >= 0.6 is 0 Å². The van der Waals surface area contributed by atoms with Gasteiger partial charge in [-0.15, -0.1) is 0 Å². The molecule has 1 fully saturated rings. The highest BCUT2D eigenvalue weighted by Gasteiger charge is 2.39. The second-order valence-corrected chi connectivity index (χ2v) is 4.23. The smallest absolute Gasteiger partial charge is 0.176 e. The average molecular weight is 205 g/mol. The van der Waals surface area contributed by atoms with E-state index in [2.05, 4.69) is 0 Å². The lowest BCUT2D eigenvalue weighted by molar-refractivity contribution is 0.100. The SMILES string of the molecule is NCC(=O)c1ccc(CC2(O)CC2)cc1. The van der Waals surface area contributed by atoms with Crippen LogP contribution in [0.3, 0.4) is 0 Å². The quantitative estimate of drug-likeness (QED) is 0.718. The van der Waals surface area contributed by atoms with Crippen LogP contribution in [-0.4, -0.2) is 23.0 Å². The maximum Gasteiger partial charge on any atom is 0.176 e. The standard InChI is InChI=1S/C12H15NO2/c13-8-11(14)10-3-1-9(2-4-10)7-12(15)5-6-12/h1-4,15H,5-8,13H2. The number of ketones is 1. The minimum absolute atomic E-state index is 0.0449. The fraction of sp³-hybridized carbons (Fsp3) is 0.417. The van der Waals surface area contributed by atoms with Gasteiger partial charge in [-0.3, -0.25) is 4.79 Å². The number of carbonyl (C=O) groups excluding carboxylic acids is 1. The van der Waals surface area contributed by atoms with Crippen LogP contribution in [0.5, 0.6) is 0 Å². The molecule has 0 heterocycles. The first-order chi connectivity index (χ1) is 7.13. The van der Waals surface area contributed by atoms with E-state index in [9.17, 15) is 9.90 Å². The fourth-order valence-electron chi connectivity index (χ4n) is 1.63. The first-order valence-corrected chi connectivity index (χ1v) is 5.18. The van der Waals surface area contributed by atoms with E-state index in [1.807, 2.05) is 12.1 Å². The van der Waals surface area contributed by atoms with Gasteiger partial charge < -0.3 is 10.8 Å². The van der Waals surface area contributed by atoms with Gasteiger partial charge in [0.1, 0.15) is 0 Å². The molecule has 1 aliphatic rings. The van der Waals surface area contributed by atoms with Gasteiger partial charge in [0.05, 0.1) is 12.1 Å². The number of Topliss-reactive ketones (excluding diaryl/α,β-unsaturated/α-hetero) is 1. The van der Waals surface area contributed by atoms with Crippen LogP contribution < -0.4 is 5.73 Å². The molecule has 0 amide bonds. The van der Waals surface area contributed by atoms with Crippen molar-refractivity contribution in [1.82, 2.24) is 0 Å². The van der Waals surface area contributed by atoms with Gasteiger partial charge in [-0.1, -0.05) is 24.3 Å². The zero-order valence-electron chi connectivity index (χ0n) is 8.57. The number of aliphatic hydroxyl groups is 1. The van der Waals surface area contributed by atoms with Gasteiger partial charge in [-0.25, -0.2) is 0 Å². The van der Waals surface area contributed by atoms with E-state index in [1.165, 1.54) is 0 Å². The summed E-state index contributed by atoms with van der Waals surface area (Å²) < 4.78 is 0. The minimum atomic E-state index is -0.473. The Morgan fingerprint density at radius 2 is 1.93 bits per heavy atom. The van der Waals surface area contributed by atoms with E-state index >= 15 is 0 Å². The largest absolute Gasteiger partial charge is 0.390 e. The number of hydrogen-bond donors (Lipinski definition) is 2. The van der Waals surface area contributed by atoms with Gasteiger partial charge in [-0.2, -0.15) is 0 Å². The molecule has 1 aromatic carbocycles. The zero-order valence-corrected chi connectivity index (χ0v) is 8.57. The highest BCUT2D eigenvalue weighted by Crippen LogP contribution is 2.38. The van der Waals surface area contributed by atoms with Crippen LogP contribution in [0.4, 0.5) is 0 Å². The summed E-state index contributed by atoms with van der Waals surface area (Å²) in [7, 11) is 0. The van der Waals surface area contributed by atoms with Crippen LogP contribution in [0, 0.1) is 0 Å². The third-order valence-corrected chi connectivity index (χ3v) is 2.82. The van der Waals surface area contributed by atoms with Crippen LogP contribution in [0.25, 0.3) is 0 Å². The Morgan fingerprint density at radius 1 is 1.33 bits per heavy atom. The first kappa shape index (κ1) is 10.3. The number of rotatable bonds is 4. The molecule has 3 N–H and O–H groups in total. The van der Waals surface area contributed by atoms with Crippen molar-refractivity contribution >= 4 is 5.78 Å².